The highest BCUT2D eigenvalue weighted by atomic mass is 32.2. The molecule has 0 aromatic carbocycles. The predicted molar refractivity (Wildman–Crippen MR) is 88.0 cm³/mol. The Labute approximate surface area is 143 Å². The van der Waals surface area contributed by atoms with Crippen LogP contribution in [0.25, 0.3) is 0 Å². The molecule has 2 aromatic rings. The summed E-state index contributed by atoms with van der Waals surface area (Å²) in [5.41, 5.74) is 0.203. The molecule has 0 bridgehead atoms. The zero-order chi connectivity index (χ0) is 16.6. The van der Waals surface area contributed by atoms with Gasteiger partial charge in [-0.05, 0) is 11.4 Å². The van der Waals surface area contributed by atoms with Crippen LogP contribution in [-0.4, -0.2) is 31.1 Å². The van der Waals surface area contributed by atoms with Crippen LogP contribution in [0.5, 0.6) is 0 Å². The van der Waals surface area contributed by atoms with Crippen LogP contribution in [0.1, 0.15) is 15.7 Å². The summed E-state index contributed by atoms with van der Waals surface area (Å²) in [7, 11) is 2.51. The average Bonchev–Trinajstić information content (AvgIpc) is 3.19. The topological polar surface area (TPSA) is 85.5 Å². The van der Waals surface area contributed by atoms with Crippen molar-refractivity contribution in [2.24, 2.45) is 0 Å². The second kappa shape index (κ2) is 6.34. The lowest BCUT2D eigenvalue weighted by atomic mass is 9.95. The molecule has 0 saturated heterocycles. The van der Waals surface area contributed by atoms with Crippen molar-refractivity contribution in [2.45, 2.75) is 10.9 Å². The summed E-state index contributed by atoms with van der Waals surface area (Å²) in [6.07, 6.45) is 0. The largest absolute Gasteiger partial charge is 0.466 e. The zero-order valence-electron chi connectivity index (χ0n) is 12.1. The Kier molecular flexibility index (Phi) is 4.42. The average molecular weight is 369 g/mol. The van der Waals surface area contributed by atoms with Crippen LogP contribution in [0.2, 0.25) is 0 Å². The molecule has 2 aromatic heterocycles. The van der Waals surface area contributed by atoms with Gasteiger partial charge in [0.25, 0.3) is 0 Å². The van der Waals surface area contributed by atoms with Crippen LogP contribution < -0.4 is 4.87 Å². The number of rotatable bonds is 3. The van der Waals surface area contributed by atoms with E-state index in [2.05, 4.69) is 4.98 Å². The van der Waals surface area contributed by atoms with Gasteiger partial charge in [0.05, 0.1) is 35.6 Å². The number of carbonyl (C=O) groups is 2. The Morgan fingerprint density at radius 2 is 1.96 bits per heavy atom. The van der Waals surface area contributed by atoms with Gasteiger partial charge in [0.1, 0.15) is 4.91 Å². The first-order chi connectivity index (χ1) is 11.1. The minimum absolute atomic E-state index is 0.138. The summed E-state index contributed by atoms with van der Waals surface area (Å²) in [6.45, 7) is 0. The molecule has 0 amide bonds. The van der Waals surface area contributed by atoms with Crippen LogP contribution in [0, 0.1) is 0 Å². The van der Waals surface area contributed by atoms with Gasteiger partial charge in [-0.3, -0.25) is 4.79 Å². The number of aromatic nitrogens is 1. The van der Waals surface area contributed by atoms with Crippen LogP contribution in [0.3, 0.4) is 0 Å². The van der Waals surface area contributed by atoms with Gasteiger partial charge in [0, 0.05) is 4.88 Å². The van der Waals surface area contributed by atoms with Crippen molar-refractivity contribution in [3.8, 4) is 0 Å². The van der Waals surface area contributed by atoms with E-state index < -0.39 is 17.9 Å². The standard InChI is InChI=1S/C14H11NO5S3/c1-19-12(16)8-7(6-4-3-5-21-6)9-11(15-14(18)23-9)22-10(8)13(17)20-2/h3-5,7H,1-2H3,(H,15,18)/t7-/m0/s1. The third-order valence-corrected chi connectivity index (χ3v) is 6.38. The first-order valence-electron chi connectivity index (χ1n) is 6.41. The van der Waals surface area contributed by atoms with E-state index in [0.717, 1.165) is 28.0 Å². The Bertz CT molecular complexity index is 846. The molecule has 0 fully saturated rings. The first-order valence-corrected chi connectivity index (χ1v) is 8.93. The highest BCUT2D eigenvalue weighted by molar-refractivity contribution is 8.04. The van der Waals surface area contributed by atoms with Crippen molar-refractivity contribution in [1.29, 1.82) is 0 Å². The van der Waals surface area contributed by atoms with E-state index >= 15 is 0 Å². The van der Waals surface area contributed by atoms with E-state index in [1.807, 2.05) is 17.5 Å². The maximum absolute atomic E-state index is 12.3. The number of hydrogen-bond donors (Lipinski definition) is 1. The van der Waals surface area contributed by atoms with Gasteiger partial charge in [-0.15, -0.1) is 11.3 Å². The van der Waals surface area contributed by atoms with Gasteiger partial charge in [0.15, 0.2) is 0 Å². The fourth-order valence-corrected chi connectivity index (χ4v) is 5.44. The van der Waals surface area contributed by atoms with E-state index in [-0.39, 0.29) is 15.4 Å². The SMILES string of the molecule is COC(=O)C1=C(C(=O)OC)[C@H](c2cccs2)c2sc(=O)[nH]c2S1. The Hall–Kier alpha value is -1.84. The van der Waals surface area contributed by atoms with Crippen LogP contribution in [0.15, 0.2) is 37.8 Å². The van der Waals surface area contributed by atoms with Crippen LogP contribution in [0.4, 0.5) is 0 Å². The number of carbonyl (C=O) groups excluding carboxylic acids is 2. The third kappa shape index (κ3) is 2.75. The fourth-order valence-electron chi connectivity index (χ4n) is 2.30. The number of thiazole rings is 1. The van der Waals surface area contributed by atoms with E-state index in [1.54, 1.807) is 0 Å². The van der Waals surface area contributed by atoms with Crippen molar-refractivity contribution in [3.63, 3.8) is 0 Å². The van der Waals surface area contributed by atoms with Gasteiger partial charge in [-0.25, -0.2) is 9.59 Å². The maximum Gasteiger partial charge on any atom is 0.345 e. The number of esters is 2. The molecular formula is C14H11NO5S3. The number of methoxy groups -OCH3 is 2. The summed E-state index contributed by atoms with van der Waals surface area (Å²) in [6, 6.07) is 3.71. The highest BCUT2D eigenvalue weighted by Gasteiger charge is 2.40. The molecule has 1 aliphatic rings. The molecule has 1 N–H and O–H groups in total. The van der Waals surface area contributed by atoms with Gasteiger partial charge in [0.2, 0.25) is 0 Å². The quantitative estimate of drug-likeness (QED) is 0.836. The lowest BCUT2D eigenvalue weighted by molar-refractivity contribution is -0.139. The molecule has 23 heavy (non-hydrogen) atoms. The normalized spacial score (nSPS) is 16.9. The number of aromatic amines is 1. The number of thioether (sulfide) groups is 1. The van der Waals surface area contributed by atoms with Crippen molar-refractivity contribution in [1.82, 2.24) is 4.98 Å². The first kappa shape index (κ1) is 16.0. The zero-order valence-corrected chi connectivity index (χ0v) is 14.5. The summed E-state index contributed by atoms with van der Waals surface area (Å²) >= 11 is 3.50. The Balaban J connectivity index is 2.28. The summed E-state index contributed by atoms with van der Waals surface area (Å²) in [5.74, 6) is -1.76. The van der Waals surface area contributed by atoms with Gasteiger partial charge in [-0.1, -0.05) is 29.2 Å². The number of hydrogen-bond acceptors (Lipinski definition) is 8. The summed E-state index contributed by atoms with van der Waals surface area (Å²) < 4.78 is 9.66. The second-order valence-corrected chi connectivity index (χ2v) is 7.50. The lowest BCUT2D eigenvalue weighted by Crippen LogP contribution is -2.21. The van der Waals surface area contributed by atoms with Crippen LogP contribution in [-0.2, 0) is 19.1 Å². The van der Waals surface area contributed by atoms with Gasteiger partial charge >= 0.3 is 16.8 Å². The van der Waals surface area contributed by atoms with Crippen LogP contribution >= 0.6 is 34.4 Å². The molecule has 0 saturated carbocycles. The Morgan fingerprint density at radius 1 is 1.22 bits per heavy atom. The van der Waals surface area contributed by atoms with E-state index in [9.17, 15) is 14.4 Å². The molecule has 6 nitrogen and oxygen atoms in total. The molecule has 120 valence electrons. The minimum Gasteiger partial charge on any atom is -0.466 e. The number of ether oxygens (including phenoxy) is 2. The fraction of sp³-hybridized carbons (Fsp3) is 0.214. The smallest absolute Gasteiger partial charge is 0.345 e. The third-order valence-electron chi connectivity index (χ3n) is 3.25. The predicted octanol–water partition coefficient (Wildman–Crippen LogP) is 2.34. The number of nitrogens with one attached hydrogen (secondary N) is 1. The van der Waals surface area contributed by atoms with Crippen molar-refractivity contribution in [3.05, 3.63) is 47.4 Å². The minimum atomic E-state index is -0.630. The lowest BCUT2D eigenvalue weighted by Gasteiger charge is -2.24. The molecule has 0 unspecified atom stereocenters. The van der Waals surface area contributed by atoms with Crippen molar-refractivity contribution < 1.29 is 19.1 Å². The number of fused-ring (bicyclic) bond motifs is 1. The molecule has 3 heterocycles. The molecule has 3 rings (SSSR count). The molecule has 0 radical (unpaired) electrons. The van der Waals surface area contributed by atoms with Gasteiger partial charge in [-0.2, -0.15) is 0 Å². The molecule has 1 atom stereocenters. The van der Waals surface area contributed by atoms with Crippen molar-refractivity contribution >= 4 is 46.4 Å². The van der Waals surface area contributed by atoms with Gasteiger partial charge < -0.3 is 14.5 Å². The number of H-pyrrole nitrogens is 1. The molecule has 9 heteroatoms. The van der Waals surface area contributed by atoms with E-state index in [1.165, 1.54) is 25.6 Å². The second-order valence-electron chi connectivity index (χ2n) is 4.48. The molecule has 0 spiro atoms. The monoisotopic (exact) mass is 369 g/mol. The summed E-state index contributed by atoms with van der Waals surface area (Å²) in [4.78, 5) is 40.4. The summed E-state index contributed by atoms with van der Waals surface area (Å²) in [5, 5.41) is 2.44. The highest BCUT2D eigenvalue weighted by Crippen LogP contribution is 2.49. The van der Waals surface area contributed by atoms with E-state index in [4.69, 9.17) is 9.47 Å². The number of thiophene rings is 1. The molecular weight excluding hydrogens is 358 g/mol. The van der Waals surface area contributed by atoms with E-state index in [0.29, 0.717) is 9.90 Å². The maximum atomic E-state index is 12.3. The molecule has 1 aliphatic heterocycles. The van der Waals surface area contributed by atoms with Crippen molar-refractivity contribution in [2.75, 3.05) is 14.2 Å². The molecule has 0 aliphatic carbocycles. The Morgan fingerprint density at radius 3 is 2.57 bits per heavy atom.